The Kier molecular flexibility index (Phi) is 6.91. The first-order valence-corrected chi connectivity index (χ1v) is 11.0. The second-order valence-electron chi connectivity index (χ2n) is 6.45. The third kappa shape index (κ3) is 5.20. The molecule has 0 aliphatic heterocycles. The minimum Gasteiger partial charge on any atom is -0.494 e. The lowest BCUT2D eigenvalue weighted by Crippen LogP contribution is -2.21. The minimum atomic E-state index is 0.0641. The van der Waals surface area contributed by atoms with Gasteiger partial charge in [-0.15, -0.1) is 10.2 Å². The van der Waals surface area contributed by atoms with Crippen molar-refractivity contribution in [1.82, 2.24) is 10.2 Å². The maximum absolute atomic E-state index is 11.7. The SMILES string of the molecule is CCOc1ccc(C(C)=O)cc1CSc1nnc(NC2CCCCC2)s1. The number of nitrogens with one attached hydrogen (secondary N) is 1. The van der Waals surface area contributed by atoms with Crippen LogP contribution >= 0.6 is 23.1 Å². The number of aromatic nitrogens is 2. The normalized spacial score (nSPS) is 15.0. The Bertz CT molecular complexity index is 742. The largest absolute Gasteiger partial charge is 0.494 e. The van der Waals surface area contributed by atoms with Gasteiger partial charge in [-0.25, -0.2) is 0 Å². The van der Waals surface area contributed by atoms with Gasteiger partial charge in [-0.1, -0.05) is 42.4 Å². The highest BCUT2D eigenvalue weighted by molar-refractivity contribution is 8.00. The number of rotatable bonds is 8. The fourth-order valence-electron chi connectivity index (χ4n) is 3.10. The lowest BCUT2D eigenvalue weighted by molar-refractivity contribution is 0.101. The molecule has 7 heteroatoms. The van der Waals surface area contributed by atoms with Crippen LogP contribution in [-0.2, 0) is 5.75 Å². The molecule has 0 amide bonds. The van der Waals surface area contributed by atoms with E-state index in [1.54, 1.807) is 30.0 Å². The average Bonchev–Trinajstić information content (AvgIpc) is 3.09. The number of thioether (sulfide) groups is 1. The summed E-state index contributed by atoms with van der Waals surface area (Å²) < 4.78 is 6.63. The molecule has 0 radical (unpaired) electrons. The summed E-state index contributed by atoms with van der Waals surface area (Å²) in [7, 11) is 0. The summed E-state index contributed by atoms with van der Waals surface area (Å²) in [6, 6.07) is 6.15. The predicted molar refractivity (Wildman–Crippen MR) is 108 cm³/mol. The second-order valence-corrected chi connectivity index (χ2v) is 8.65. The number of carbonyl (C=O) groups is 1. The van der Waals surface area contributed by atoms with Crippen molar-refractivity contribution in [1.29, 1.82) is 0 Å². The van der Waals surface area contributed by atoms with Crippen molar-refractivity contribution in [2.24, 2.45) is 0 Å². The van der Waals surface area contributed by atoms with Crippen molar-refractivity contribution in [3.63, 3.8) is 0 Å². The Labute approximate surface area is 162 Å². The number of nitrogens with zero attached hydrogens (tertiary/aromatic N) is 2. The van der Waals surface area contributed by atoms with Gasteiger partial charge < -0.3 is 10.1 Å². The Morgan fingerprint density at radius 2 is 2.12 bits per heavy atom. The molecule has 0 unspecified atom stereocenters. The Hall–Kier alpha value is -1.60. The maximum Gasteiger partial charge on any atom is 0.206 e. The zero-order valence-corrected chi connectivity index (χ0v) is 16.9. The smallest absolute Gasteiger partial charge is 0.206 e. The van der Waals surface area contributed by atoms with E-state index >= 15 is 0 Å². The van der Waals surface area contributed by atoms with Gasteiger partial charge in [0.1, 0.15) is 5.75 Å². The lowest BCUT2D eigenvalue weighted by Gasteiger charge is -2.21. The van der Waals surface area contributed by atoms with Crippen LogP contribution in [0.4, 0.5) is 5.13 Å². The number of anilines is 1. The zero-order chi connectivity index (χ0) is 18.4. The van der Waals surface area contributed by atoms with E-state index in [4.69, 9.17) is 4.74 Å². The molecule has 1 aromatic heterocycles. The molecule has 1 saturated carbocycles. The van der Waals surface area contributed by atoms with E-state index in [1.165, 1.54) is 32.1 Å². The van der Waals surface area contributed by atoms with E-state index in [0.29, 0.717) is 24.0 Å². The number of benzene rings is 1. The van der Waals surface area contributed by atoms with E-state index in [-0.39, 0.29) is 5.78 Å². The molecular weight excluding hydrogens is 366 g/mol. The highest BCUT2D eigenvalue weighted by Gasteiger charge is 2.16. The van der Waals surface area contributed by atoms with Crippen LogP contribution in [0.25, 0.3) is 0 Å². The van der Waals surface area contributed by atoms with Crippen molar-refractivity contribution in [3.05, 3.63) is 29.3 Å². The maximum atomic E-state index is 11.7. The van der Waals surface area contributed by atoms with Crippen LogP contribution in [0.2, 0.25) is 0 Å². The Morgan fingerprint density at radius 3 is 2.85 bits per heavy atom. The molecule has 1 fully saturated rings. The molecule has 5 nitrogen and oxygen atoms in total. The molecule has 140 valence electrons. The summed E-state index contributed by atoms with van der Waals surface area (Å²) in [5.74, 6) is 1.60. The number of ketones is 1. The minimum absolute atomic E-state index is 0.0641. The average molecular weight is 392 g/mol. The summed E-state index contributed by atoms with van der Waals surface area (Å²) in [6.07, 6.45) is 6.38. The highest BCUT2D eigenvalue weighted by atomic mass is 32.2. The molecule has 3 rings (SSSR count). The number of ether oxygens (including phenoxy) is 1. The second kappa shape index (κ2) is 9.37. The molecule has 1 aromatic carbocycles. The fourth-order valence-corrected chi connectivity index (χ4v) is 4.90. The van der Waals surface area contributed by atoms with Gasteiger partial charge in [0.25, 0.3) is 0 Å². The van der Waals surface area contributed by atoms with Crippen molar-refractivity contribution < 1.29 is 9.53 Å². The monoisotopic (exact) mass is 391 g/mol. The third-order valence-electron chi connectivity index (χ3n) is 4.46. The summed E-state index contributed by atoms with van der Waals surface area (Å²) in [4.78, 5) is 11.7. The molecular formula is C19H25N3O2S2. The van der Waals surface area contributed by atoms with Crippen molar-refractivity contribution in [2.45, 2.75) is 62.1 Å². The van der Waals surface area contributed by atoms with Crippen molar-refractivity contribution in [2.75, 3.05) is 11.9 Å². The molecule has 26 heavy (non-hydrogen) atoms. The predicted octanol–water partition coefficient (Wildman–Crippen LogP) is 5.18. The fraction of sp³-hybridized carbons (Fsp3) is 0.526. The first kappa shape index (κ1) is 19.2. The quantitative estimate of drug-likeness (QED) is 0.494. The molecule has 1 N–H and O–H groups in total. The van der Waals surface area contributed by atoms with Crippen molar-refractivity contribution in [3.8, 4) is 5.75 Å². The van der Waals surface area contributed by atoms with Gasteiger partial charge in [0.05, 0.1) is 6.61 Å². The van der Waals surface area contributed by atoms with Gasteiger partial charge >= 0.3 is 0 Å². The topological polar surface area (TPSA) is 64.1 Å². The first-order chi connectivity index (χ1) is 12.7. The summed E-state index contributed by atoms with van der Waals surface area (Å²) >= 11 is 3.23. The van der Waals surface area contributed by atoms with Gasteiger partial charge in [-0.05, 0) is 44.9 Å². The molecule has 0 bridgehead atoms. The summed E-state index contributed by atoms with van der Waals surface area (Å²) in [6.45, 7) is 4.15. The molecule has 0 saturated heterocycles. The molecule has 1 aliphatic carbocycles. The zero-order valence-electron chi connectivity index (χ0n) is 15.3. The van der Waals surface area contributed by atoms with Crippen LogP contribution in [0.3, 0.4) is 0 Å². The van der Waals surface area contributed by atoms with Gasteiger partial charge in [-0.2, -0.15) is 0 Å². The number of carbonyl (C=O) groups excluding carboxylic acids is 1. The van der Waals surface area contributed by atoms with Gasteiger partial charge in [-0.3, -0.25) is 4.79 Å². The van der Waals surface area contributed by atoms with Gasteiger partial charge in [0, 0.05) is 22.9 Å². The first-order valence-electron chi connectivity index (χ1n) is 9.15. The van der Waals surface area contributed by atoms with Crippen LogP contribution in [0.1, 0.15) is 61.9 Å². The van der Waals surface area contributed by atoms with E-state index in [0.717, 1.165) is 20.8 Å². The Morgan fingerprint density at radius 1 is 1.31 bits per heavy atom. The van der Waals surface area contributed by atoms with Gasteiger partial charge in [0.2, 0.25) is 5.13 Å². The number of hydrogen-bond donors (Lipinski definition) is 1. The van der Waals surface area contributed by atoms with Crippen LogP contribution in [-0.4, -0.2) is 28.6 Å². The number of hydrogen-bond acceptors (Lipinski definition) is 7. The van der Waals surface area contributed by atoms with Crippen LogP contribution in [0.5, 0.6) is 5.75 Å². The van der Waals surface area contributed by atoms with E-state index in [9.17, 15) is 4.79 Å². The van der Waals surface area contributed by atoms with Gasteiger partial charge in [0.15, 0.2) is 10.1 Å². The van der Waals surface area contributed by atoms with Crippen LogP contribution in [0.15, 0.2) is 22.5 Å². The van der Waals surface area contributed by atoms with Crippen LogP contribution in [0, 0.1) is 0 Å². The van der Waals surface area contributed by atoms with Crippen molar-refractivity contribution >= 4 is 34.0 Å². The molecule has 2 aromatic rings. The summed E-state index contributed by atoms with van der Waals surface area (Å²) in [5, 5.41) is 13.0. The molecule has 1 heterocycles. The molecule has 0 atom stereocenters. The van der Waals surface area contributed by atoms with E-state index < -0.39 is 0 Å². The van der Waals surface area contributed by atoms with E-state index in [2.05, 4.69) is 15.5 Å². The number of Topliss-reactive ketones (excluding diaryl/α,β-unsaturated/α-hetero) is 1. The standard InChI is InChI=1S/C19H25N3O2S2/c1-3-24-17-10-9-14(13(2)23)11-15(17)12-25-19-22-21-18(26-19)20-16-7-5-4-6-8-16/h9-11,16H,3-8,12H2,1-2H3,(H,20,21). The summed E-state index contributed by atoms with van der Waals surface area (Å²) in [5.41, 5.74) is 1.72. The molecule has 0 spiro atoms. The third-order valence-corrected chi connectivity index (χ3v) is 6.49. The highest BCUT2D eigenvalue weighted by Crippen LogP contribution is 2.33. The Balaban J connectivity index is 1.63. The van der Waals surface area contributed by atoms with Crippen LogP contribution < -0.4 is 10.1 Å². The lowest BCUT2D eigenvalue weighted by atomic mass is 9.96. The molecule has 1 aliphatic rings. The van der Waals surface area contributed by atoms with E-state index in [1.807, 2.05) is 25.1 Å².